The van der Waals surface area contributed by atoms with E-state index in [9.17, 15) is 9.18 Å². The van der Waals surface area contributed by atoms with Crippen LogP contribution in [-0.4, -0.2) is 18.0 Å². The average Bonchev–Trinajstić information content (AvgIpc) is 3.15. The highest BCUT2D eigenvalue weighted by molar-refractivity contribution is 9.13. The number of rotatable bonds is 4. The van der Waals surface area contributed by atoms with Gasteiger partial charge in [0.15, 0.2) is 16.7 Å². The van der Waals surface area contributed by atoms with Gasteiger partial charge in [0.1, 0.15) is 0 Å². The average molecular weight is 492 g/mol. The van der Waals surface area contributed by atoms with Crippen LogP contribution in [0.15, 0.2) is 37.9 Å². The smallest absolute Gasteiger partial charge is 0.267 e. The Labute approximate surface area is 162 Å². The molecule has 2 aromatic heterocycles. The molecule has 0 saturated carbocycles. The molecule has 2 heterocycles. The lowest BCUT2D eigenvalue weighted by atomic mass is 10.1. The highest BCUT2D eigenvalue weighted by Crippen LogP contribution is 2.33. The molecule has 1 amide bonds. The lowest BCUT2D eigenvalue weighted by molar-refractivity contribution is 0.103. The molecule has 9 heteroatoms. The van der Waals surface area contributed by atoms with Gasteiger partial charge < -0.3 is 4.74 Å². The highest BCUT2D eigenvalue weighted by Gasteiger charge is 2.15. The summed E-state index contributed by atoms with van der Waals surface area (Å²) in [6.45, 7) is 0. The number of anilines is 1. The molecule has 3 aromatic rings. The first-order valence-electron chi connectivity index (χ1n) is 6.53. The lowest BCUT2D eigenvalue weighted by Gasteiger charge is -2.03. The van der Waals surface area contributed by atoms with E-state index < -0.39 is 5.82 Å². The van der Waals surface area contributed by atoms with Crippen molar-refractivity contribution in [3.63, 3.8) is 0 Å². The number of carbonyl (C=O) groups is 1. The van der Waals surface area contributed by atoms with E-state index in [2.05, 4.69) is 42.2 Å². The quantitative estimate of drug-likeness (QED) is 0.502. The van der Waals surface area contributed by atoms with E-state index >= 15 is 0 Å². The Hall–Kier alpha value is -1.29. The second-order valence-corrected chi connectivity index (χ2v) is 8.66. The fourth-order valence-corrected chi connectivity index (χ4v) is 4.55. The molecule has 1 N–H and O–H groups in total. The second-order valence-electron chi connectivity index (χ2n) is 4.57. The Bertz CT molecular complexity index is 891. The van der Waals surface area contributed by atoms with E-state index in [-0.39, 0.29) is 11.7 Å². The van der Waals surface area contributed by atoms with Gasteiger partial charge in [-0.3, -0.25) is 10.1 Å². The molecule has 0 spiro atoms. The molecular formula is C15H9Br2FN2O2S2. The SMILES string of the molecule is COc1ccc(-c2csc(NC(=O)c3cc(Br)c(Br)s3)n2)cc1F. The minimum absolute atomic E-state index is 0.177. The van der Waals surface area contributed by atoms with Crippen molar-refractivity contribution in [2.75, 3.05) is 12.4 Å². The maximum absolute atomic E-state index is 13.8. The summed E-state index contributed by atoms with van der Waals surface area (Å²) in [6.07, 6.45) is 0. The molecule has 0 aliphatic carbocycles. The van der Waals surface area contributed by atoms with Gasteiger partial charge in [-0.15, -0.1) is 22.7 Å². The Balaban J connectivity index is 1.78. The number of hydrogen-bond acceptors (Lipinski definition) is 5. The standard InChI is InChI=1S/C15H9Br2FN2O2S2/c1-22-11-3-2-7(4-9(11)18)10-6-23-15(19-10)20-14(21)12-5-8(16)13(17)24-12/h2-6H,1H3,(H,19,20,21). The topological polar surface area (TPSA) is 51.2 Å². The first-order valence-corrected chi connectivity index (χ1v) is 9.81. The molecule has 0 aliphatic rings. The van der Waals surface area contributed by atoms with Gasteiger partial charge in [0, 0.05) is 15.4 Å². The molecule has 0 radical (unpaired) electrons. The number of methoxy groups -OCH3 is 1. The molecule has 24 heavy (non-hydrogen) atoms. The largest absolute Gasteiger partial charge is 0.494 e. The maximum Gasteiger partial charge on any atom is 0.267 e. The number of hydrogen-bond donors (Lipinski definition) is 1. The number of thiophene rings is 1. The van der Waals surface area contributed by atoms with Gasteiger partial charge in [0.05, 0.1) is 21.5 Å². The molecule has 3 rings (SSSR count). The Morgan fingerprint density at radius 1 is 1.33 bits per heavy atom. The van der Waals surface area contributed by atoms with Crippen molar-refractivity contribution in [3.05, 3.63) is 48.6 Å². The van der Waals surface area contributed by atoms with Gasteiger partial charge in [0.2, 0.25) is 0 Å². The predicted molar refractivity (Wildman–Crippen MR) is 102 cm³/mol. The van der Waals surface area contributed by atoms with Crippen LogP contribution in [0.2, 0.25) is 0 Å². The molecule has 0 bridgehead atoms. The fourth-order valence-electron chi connectivity index (χ4n) is 1.91. The van der Waals surface area contributed by atoms with Crippen LogP contribution in [0.5, 0.6) is 5.75 Å². The van der Waals surface area contributed by atoms with Gasteiger partial charge in [-0.2, -0.15) is 0 Å². The molecule has 0 aliphatic heterocycles. The number of carbonyl (C=O) groups excluding carboxylic acids is 1. The van der Waals surface area contributed by atoms with E-state index in [1.165, 1.54) is 35.8 Å². The first kappa shape index (κ1) is 17.5. The Morgan fingerprint density at radius 2 is 2.12 bits per heavy atom. The zero-order chi connectivity index (χ0) is 17.3. The Kier molecular flexibility index (Phi) is 5.33. The second kappa shape index (κ2) is 7.30. The van der Waals surface area contributed by atoms with E-state index in [1.54, 1.807) is 23.6 Å². The van der Waals surface area contributed by atoms with E-state index in [0.29, 0.717) is 21.3 Å². The Morgan fingerprint density at radius 3 is 2.75 bits per heavy atom. The van der Waals surface area contributed by atoms with Crippen molar-refractivity contribution < 1.29 is 13.9 Å². The number of benzene rings is 1. The summed E-state index contributed by atoms with van der Waals surface area (Å²) >= 11 is 9.30. The highest BCUT2D eigenvalue weighted by atomic mass is 79.9. The molecule has 0 unspecified atom stereocenters. The van der Waals surface area contributed by atoms with E-state index in [0.717, 1.165) is 8.26 Å². The number of halogens is 3. The summed E-state index contributed by atoms with van der Waals surface area (Å²) < 4.78 is 20.4. The van der Waals surface area contributed by atoms with Crippen molar-refractivity contribution in [2.24, 2.45) is 0 Å². The minimum Gasteiger partial charge on any atom is -0.494 e. The van der Waals surface area contributed by atoms with Crippen LogP contribution in [0.1, 0.15) is 9.67 Å². The van der Waals surface area contributed by atoms with E-state index in [1.807, 2.05) is 0 Å². The number of nitrogens with one attached hydrogen (secondary N) is 1. The van der Waals surface area contributed by atoms with Crippen LogP contribution in [0.25, 0.3) is 11.3 Å². The van der Waals surface area contributed by atoms with Gasteiger partial charge in [-0.05, 0) is 56.1 Å². The third-order valence-corrected chi connectivity index (χ3v) is 7.05. The maximum atomic E-state index is 13.8. The minimum atomic E-state index is -0.457. The van der Waals surface area contributed by atoms with Crippen LogP contribution < -0.4 is 10.1 Å². The third kappa shape index (κ3) is 3.69. The van der Waals surface area contributed by atoms with Crippen molar-refractivity contribution in [2.45, 2.75) is 0 Å². The number of aromatic nitrogens is 1. The summed E-state index contributed by atoms with van der Waals surface area (Å²) in [5.41, 5.74) is 1.21. The first-order chi connectivity index (χ1) is 11.5. The monoisotopic (exact) mass is 490 g/mol. The van der Waals surface area contributed by atoms with Crippen molar-refractivity contribution in [1.29, 1.82) is 0 Å². The summed E-state index contributed by atoms with van der Waals surface area (Å²) in [5, 5.41) is 4.96. The molecule has 1 aromatic carbocycles. The third-order valence-electron chi connectivity index (χ3n) is 3.04. The number of nitrogens with zero attached hydrogens (tertiary/aromatic N) is 1. The lowest BCUT2D eigenvalue weighted by Crippen LogP contribution is -2.09. The van der Waals surface area contributed by atoms with Gasteiger partial charge in [-0.25, -0.2) is 9.37 Å². The van der Waals surface area contributed by atoms with Crippen molar-refractivity contribution in [3.8, 4) is 17.0 Å². The zero-order valence-corrected chi connectivity index (χ0v) is 16.9. The van der Waals surface area contributed by atoms with Crippen LogP contribution in [0.4, 0.5) is 9.52 Å². The molecule has 4 nitrogen and oxygen atoms in total. The fraction of sp³-hybridized carbons (Fsp3) is 0.0667. The van der Waals surface area contributed by atoms with E-state index in [4.69, 9.17) is 4.74 Å². The zero-order valence-electron chi connectivity index (χ0n) is 12.1. The predicted octanol–water partition coefficient (Wildman–Crippen LogP) is 5.80. The summed E-state index contributed by atoms with van der Waals surface area (Å²) in [4.78, 5) is 17.1. The molecular weight excluding hydrogens is 483 g/mol. The van der Waals surface area contributed by atoms with Crippen molar-refractivity contribution in [1.82, 2.24) is 4.98 Å². The molecule has 124 valence electrons. The van der Waals surface area contributed by atoms with Crippen LogP contribution in [0.3, 0.4) is 0 Å². The summed E-state index contributed by atoms with van der Waals surface area (Å²) in [6, 6.07) is 6.35. The van der Waals surface area contributed by atoms with Gasteiger partial charge in [-0.1, -0.05) is 0 Å². The molecule has 0 atom stereocenters. The summed E-state index contributed by atoms with van der Waals surface area (Å²) in [7, 11) is 1.41. The number of amides is 1. The number of ether oxygens (including phenoxy) is 1. The van der Waals surface area contributed by atoms with Gasteiger partial charge in [0.25, 0.3) is 5.91 Å². The van der Waals surface area contributed by atoms with Crippen LogP contribution in [-0.2, 0) is 0 Å². The van der Waals surface area contributed by atoms with Crippen LogP contribution in [0, 0.1) is 5.82 Å². The van der Waals surface area contributed by atoms with Gasteiger partial charge >= 0.3 is 0 Å². The number of thiazole rings is 1. The normalized spacial score (nSPS) is 10.7. The van der Waals surface area contributed by atoms with Crippen molar-refractivity contribution >= 4 is 65.6 Å². The summed E-state index contributed by atoms with van der Waals surface area (Å²) in [5.74, 6) is -0.522. The molecule has 0 fully saturated rings. The van der Waals surface area contributed by atoms with Crippen LogP contribution >= 0.6 is 54.5 Å². The molecule has 0 saturated heterocycles.